The van der Waals surface area contributed by atoms with Crippen LogP contribution >= 0.6 is 0 Å². The van der Waals surface area contributed by atoms with Crippen molar-refractivity contribution < 1.29 is 14.3 Å². The fraction of sp³-hybridized carbons (Fsp3) is 0.409. The van der Waals surface area contributed by atoms with E-state index in [4.69, 9.17) is 4.74 Å². The van der Waals surface area contributed by atoms with Crippen LogP contribution in [0, 0.1) is 0 Å². The fourth-order valence-corrected chi connectivity index (χ4v) is 3.77. The normalized spacial score (nSPS) is 19.2. The van der Waals surface area contributed by atoms with Gasteiger partial charge in [-0.05, 0) is 37.1 Å². The van der Waals surface area contributed by atoms with Crippen LogP contribution < -0.4 is 10.2 Å². The Morgan fingerprint density at radius 1 is 1.10 bits per heavy atom. The van der Waals surface area contributed by atoms with Gasteiger partial charge in [0.1, 0.15) is 5.69 Å². The Balaban J connectivity index is 1.34. The number of nitrogens with zero attached hydrogens (tertiary/aromatic N) is 3. The van der Waals surface area contributed by atoms with Gasteiger partial charge in [-0.25, -0.2) is 0 Å². The van der Waals surface area contributed by atoms with Crippen LogP contribution in [-0.4, -0.2) is 67.1 Å². The minimum absolute atomic E-state index is 0.0859. The Morgan fingerprint density at radius 2 is 1.90 bits per heavy atom. The number of carbonyl (C=O) groups is 2. The average Bonchev–Trinajstić information content (AvgIpc) is 3.31. The first-order valence-corrected chi connectivity index (χ1v) is 10.2. The fourth-order valence-electron chi connectivity index (χ4n) is 3.77. The van der Waals surface area contributed by atoms with Gasteiger partial charge in [0.15, 0.2) is 0 Å². The third kappa shape index (κ3) is 4.74. The summed E-state index contributed by atoms with van der Waals surface area (Å²) >= 11 is 0. The van der Waals surface area contributed by atoms with Crippen molar-refractivity contribution in [3.63, 3.8) is 0 Å². The van der Waals surface area contributed by atoms with Gasteiger partial charge in [0, 0.05) is 56.8 Å². The highest BCUT2D eigenvalue weighted by Gasteiger charge is 2.24. The van der Waals surface area contributed by atoms with Gasteiger partial charge in [-0.1, -0.05) is 18.2 Å². The summed E-state index contributed by atoms with van der Waals surface area (Å²) in [4.78, 5) is 33.6. The minimum Gasteiger partial charge on any atom is -0.376 e. The van der Waals surface area contributed by atoms with Crippen LogP contribution in [0.1, 0.15) is 33.7 Å². The van der Waals surface area contributed by atoms with Gasteiger partial charge >= 0.3 is 0 Å². The maximum Gasteiger partial charge on any atom is 0.272 e. The Morgan fingerprint density at radius 3 is 2.62 bits per heavy atom. The Hall–Kier alpha value is -2.93. The summed E-state index contributed by atoms with van der Waals surface area (Å²) in [7, 11) is 0. The number of benzene rings is 1. The summed E-state index contributed by atoms with van der Waals surface area (Å²) in [6, 6.07) is 13.4. The number of aromatic nitrogens is 1. The molecule has 2 amide bonds. The topological polar surface area (TPSA) is 74.8 Å². The molecule has 1 atom stereocenters. The second kappa shape index (κ2) is 9.05. The molecule has 1 aromatic heterocycles. The molecular formula is C22H26N4O3. The second-order valence-electron chi connectivity index (χ2n) is 7.39. The largest absolute Gasteiger partial charge is 0.376 e. The standard InChI is InChI=1S/C22H26N4O3/c27-21(24-16-19-7-4-14-29-19)17-8-9-23-20(15-17)22(28)26-12-10-25(11-13-26)18-5-2-1-3-6-18/h1-3,5-6,8-9,15,19H,4,7,10-14,16H2,(H,24,27). The van der Waals surface area contributed by atoms with Crippen molar-refractivity contribution in [2.24, 2.45) is 0 Å². The second-order valence-corrected chi connectivity index (χ2v) is 7.39. The molecule has 7 heteroatoms. The number of para-hydroxylation sites is 1. The number of rotatable bonds is 5. The maximum atomic E-state index is 12.9. The molecule has 0 saturated carbocycles. The summed E-state index contributed by atoms with van der Waals surface area (Å²) in [5.41, 5.74) is 1.93. The SMILES string of the molecule is O=C(NCC1CCCO1)c1ccnc(C(=O)N2CCN(c3ccccc3)CC2)c1. The van der Waals surface area contributed by atoms with E-state index in [0.29, 0.717) is 30.9 Å². The van der Waals surface area contributed by atoms with Crippen molar-refractivity contribution in [1.82, 2.24) is 15.2 Å². The lowest BCUT2D eigenvalue weighted by Crippen LogP contribution is -2.49. The minimum atomic E-state index is -0.203. The van der Waals surface area contributed by atoms with Crippen LogP contribution in [0.25, 0.3) is 0 Å². The van der Waals surface area contributed by atoms with Crippen molar-refractivity contribution in [3.05, 3.63) is 59.9 Å². The van der Waals surface area contributed by atoms with Crippen LogP contribution in [-0.2, 0) is 4.74 Å². The number of pyridine rings is 1. The zero-order chi connectivity index (χ0) is 20.1. The van der Waals surface area contributed by atoms with E-state index in [2.05, 4.69) is 27.3 Å². The van der Waals surface area contributed by atoms with Crippen LogP contribution in [0.15, 0.2) is 48.7 Å². The molecule has 2 aromatic rings. The molecular weight excluding hydrogens is 368 g/mol. The van der Waals surface area contributed by atoms with Gasteiger partial charge in [-0.2, -0.15) is 0 Å². The van der Waals surface area contributed by atoms with E-state index in [1.807, 2.05) is 18.2 Å². The van der Waals surface area contributed by atoms with Crippen molar-refractivity contribution in [2.75, 3.05) is 44.2 Å². The van der Waals surface area contributed by atoms with Crippen molar-refractivity contribution in [1.29, 1.82) is 0 Å². The molecule has 0 spiro atoms. The molecule has 1 aromatic carbocycles. The quantitative estimate of drug-likeness (QED) is 0.839. The number of piperazine rings is 1. The van der Waals surface area contributed by atoms with E-state index in [-0.39, 0.29) is 17.9 Å². The zero-order valence-corrected chi connectivity index (χ0v) is 16.4. The number of amides is 2. The van der Waals surface area contributed by atoms with E-state index in [9.17, 15) is 9.59 Å². The number of hydrogen-bond acceptors (Lipinski definition) is 5. The summed E-state index contributed by atoms with van der Waals surface area (Å²) in [5.74, 6) is -0.336. The van der Waals surface area contributed by atoms with E-state index in [1.165, 1.54) is 11.9 Å². The molecule has 0 aliphatic carbocycles. The lowest BCUT2D eigenvalue weighted by Gasteiger charge is -2.36. The highest BCUT2D eigenvalue weighted by Crippen LogP contribution is 2.17. The van der Waals surface area contributed by atoms with Gasteiger partial charge in [0.2, 0.25) is 0 Å². The lowest BCUT2D eigenvalue weighted by molar-refractivity contribution is 0.0740. The first-order valence-electron chi connectivity index (χ1n) is 10.2. The van der Waals surface area contributed by atoms with Crippen LogP contribution in [0.2, 0.25) is 0 Å². The first-order chi connectivity index (χ1) is 14.2. The molecule has 2 aliphatic heterocycles. The van der Waals surface area contributed by atoms with E-state index < -0.39 is 0 Å². The van der Waals surface area contributed by atoms with E-state index in [0.717, 1.165) is 32.5 Å². The summed E-state index contributed by atoms with van der Waals surface area (Å²) in [5, 5.41) is 2.89. The number of anilines is 1. The molecule has 0 radical (unpaired) electrons. The average molecular weight is 394 g/mol. The van der Waals surface area contributed by atoms with Crippen molar-refractivity contribution >= 4 is 17.5 Å². The molecule has 4 rings (SSSR count). The zero-order valence-electron chi connectivity index (χ0n) is 16.4. The smallest absolute Gasteiger partial charge is 0.272 e. The molecule has 1 N–H and O–H groups in total. The summed E-state index contributed by atoms with van der Waals surface area (Å²) in [6.45, 7) is 4.06. The highest BCUT2D eigenvalue weighted by molar-refractivity contribution is 5.98. The summed E-state index contributed by atoms with van der Waals surface area (Å²) < 4.78 is 5.53. The van der Waals surface area contributed by atoms with Crippen molar-refractivity contribution in [3.8, 4) is 0 Å². The molecule has 1 unspecified atom stereocenters. The van der Waals surface area contributed by atoms with Gasteiger partial charge in [0.05, 0.1) is 6.10 Å². The summed E-state index contributed by atoms with van der Waals surface area (Å²) in [6.07, 6.45) is 3.61. The molecule has 0 bridgehead atoms. The Labute approximate surface area is 170 Å². The number of ether oxygens (including phenoxy) is 1. The van der Waals surface area contributed by atoms with Crippen LogP contribution in [0.5, 0.6) is 0 Å². The number of hydrogen-bond donors (Lipinski definition) is 1. The molecule has 152 valence electrons. The molecule has 2 saturated heterocycles. The van der Waals surface area contributed by atoms with Crippen molar-refractivity contribution in [2.45, 2.75) is 18.9 Å². The first kappa shape index (κ1) is 19.4. The maximum absolute atomic E-state index is 12.9. The number of carbonyl (C=O) groups excluding carboxylic acids is 2. The monoisotopic (exact) mass is 394 g/mol. The van der Waals surface area contributed by atoms with E-state index >= 15 is 0 Å². The third-order valence-electron chi connectivity index (χ3n) is 5.44. The lowest BCUT2D eigenvalue weighted by atomic mass is 10.1. The van der Waals surface area contributed by atoms with E-state index in [1.54, 1.807) is 17.0 Å². The van der Waals surface area contributed by atoms with Gasteiger partial charge < -0.3 is 19.9 Å². The number of nitrogens with one attached hydrogen (secondary N) is 1. The predicted molar refractivity (Wildman–Crippen MR) is 110 cm³/mol. The molecule has 3 heterocycles. The molecule has 2 fully saturated rings. The molecule has 7 nitrogen and oxygen atoms in total. The van der Waals surface area contributed by atoms with Gasteiger partial charge in [-0.3, -0.25) is 14.6 Å². The van der Waals surface area contributed by atoms with Crippen LogP contribution in [0.4, 0.5) is 5.69 Å². The van der Waals surface area contributed by atoms with Gasteiger partial charge in [0.25, 0.3) is 11.8 Å². The Kier molecular flexibility index (Phi) is 6.05. The van der Waals surface area contributed by atoms with Gasteiger partial charge in [-0.15, -0.1) is 0 Å². The predicted octanol–water partition coefficient (Wildman–Crippen LogP) is 1.95. The molecule has 29 heavy (non-hydrogen) atoms. The molecule has 2 aliphatic rings. The third-order valence-corrected chi connectivity index (χ3v) is 5.44. The Bertz CT molecular complexity index is 844. The highest BCUT2D eigenvalue weighted by atomic mass is 16.5. The van der Waals surface area contributed by atoms with Crippen LogP contribution in [0.3, 0.4) is 0 Å².